The predicted octanol–water partition coefficient (Wildman–Crippen LogP) is 1.38. The summed E-state index contributed by atoms with van der Waals surface area (Å²) < 4.78 is 27.8. The number of nitrogens with zero attached hydrogens (tertiary/aromatic N) is 3. The monoisotopic (exact) mass is 238 g/mol. The summed E-state index contributed by atoms with van der Waals surface area (Å²) in [4.78, 5) is 4.01. The molecule has 90 valence electrons. The van der Waals surface area contributed by atoms with Gasteiger partial charge in [-0.2, -0.15) is 5.10 Å². The Bertz CT molecular complexity index is 510. The van der Waals surface area contributed by atoms with Gasteiger partial charge in [0.25, 0.3) is 0 Å². The second-order valence-corrected chi connectivity index (χ2v) is 3.64. The number of hydrogen-bond donors (Lipinski definition) is 1. The highest BCUT2D eigenvalue weighted by Crippen LogP contribution is 2.09. The summed E-state index contributed by atoms with van der Waals surface area (Å²) >= 11 is 0. The Labute approximate surface area is 97.3 Å². The molecule has 2 rings (SSSR count). The van der Waals surface area contributed by atoms with Gasteiger partial charge in [0.2, 0.25) is 0 Å². The second-order valence-electron chi connectivity index (χ2n) is 3.64. The molecular weight excluding hydrogens is 226 g/mol. The van der Waals surface area contributed by atoms with Crippen LogP contribution >= 0.6 is 0 Å². The fourth-order valence-corrected chi connectivity index (χ4v) is 1.47. The highest BCUT2D eigenvalue weighted by atomic mass is 19.1. The van der Waals surface area contributed by atoms with E-state index in [0.29, 0.717) is 12.1 Å². The number of aryl methyl sites for hydroxylation is 1. The molecule has 1 N–H and O–H groups in total. The lowest BCUT2D eigenvalue weighted by Crippen LogP contribution is -2.17. The average molecular weight is 238 g/mol. The van der Waals surface area contributed by atoms with Gasteiger partial charge in [-0.3, -0.25) is 4.68 Å². The zero-order valence-corrected chi connectivity index (χ0v) is 9.32. The van der Waals surface area contributed by atoms with Crippen LogP contribution in [-0.4, -0.2) is 14.8 Å². The normalized spacial score (nSPS) is 10.8. The summed E-state index contributed by atoms with van der Waals surface area (Å²) in [5.74, 6) is -0.125. The lowest BCUT2D eigenvalue weighted by molar-refractivity contribution is 0.558. The van der Waals surface area contributed by atoms with Crippen molar-refractivity contribution in [2.45, 2.75) is 13.1 Å². The first-order chi connectivity index (χ1) is 8.16. The largest absolute Gasteiger partial charge is 0.306 e. The fourth-order valence-electron chi connectivity index (χ4n) is 1.47. The average Bonchev–Trinajstić information content (AvgIpc) is 2.70. The van der Waals surface area contributed by atoms with Crippen molar-refractivity contribution in [1.82, 2.24) is 20.1 Å². The van der Waals surface area contributed by atoms with E-state index in [-0.39, 0.29) is 6.54 Å². The molecule has 1 aromatic carbocycles. The van der Waals surface area contributed by atoms with Crippen LogP contribution in [0.15, 0.2) is 24.5 Å². The van der Waals surface area contributed by atoms with Crippen molar-refractivity contribution >= 4 is 0 Å². The molecular formula is C11H12F2N4. The molecule has 2 aromatic rings. The zero-order valence-electron chi connectivity index (χ0n) is 9.32. The fraction of sp³-hybridized carbons (Fsp3) is 0.273. The van der Waals surface area contributed by atoms with E-state index in [1.54, 1.807) is 11.7 Å². The van der Waals surface area contributed by atoms with Crippen LogP contribution in [0, 0.1) is 11.6 Å². The molecule has 0 atom stereocenters. The van der Waals surface area contributed by atoms with Gasteiger partial charge in [0, 0.05) is 19.2 Å². The molecule has 0 radical (unpaired) electrons. The first-order valence-corrected chi connectivity index (χ1v) is 5.14. The molecule has 17 heavy (non-hydrogen) atoms. The molecule has 0 spiro atoms. The van der Waals surface area contributed by atoms with Crippen molar-refractivity contribution in [3.8, 4) is 0 Å². The maximum atomic E-state index is 13.3. The third-order valence-corrected chi connectivity index (χ3v) is 2.41. The number of rotatable bonds is 4. The van der Waals surface area contributed by atoms with E-state index in [1.807, 2.05) is 0 Å². The van der Waals surface area contributed by atoms with Crippen LogP contribution in [0.25, 0.3) is 0 Å². The predicted molar refractivity (Wildman–Crippen MR) is 57.9 cm³/mol. The van der Waals surface area contributed by atoms with Crippen LogP contribution in [0.3, 0.4) is 0 Å². The van der Waals surface area contributed by atoms with Crippen molar-refractivity contribution < 1.29 is 8.78 Å². The molecule has 0 fully saturated rings. The van der Waals surface area contributed by atoms with Gasteiger partial charge in [-0.05, 0) is 18.2 Å². The lowest BCUT2D eigenvalue weighted by Gasteiger charge is -2.05. The van der Waals surface area contributed by atoms with E-state index in [2.05, 4.69) is 15.4 Å². The molecule has 0 saturated heterocycles. The molecule has 4 nitrogen and oxygen atoms in total. The van der Waals surface area contributed by atoms with Crippen LogP contribution in [-0.2, 0) is 20.1 Å². The van der Waals surface area contributed by atoms with Crippen molar-refractivity contribution in [2.24, 2.45) is 7.05 Å². The minimum Gasteiger partial charge on any atom is -0.306 e. The molecule has 0 aliphatic carbocycles. The molecule has 1 heterocycles. The molecule has 1 aromatic heterocycles. The van der Waals surface area contributed by atoms with Crippen LogP contribution in [0.4, 0.5) is 8.78 Å². The summed E-state index contributed by atoms with van der Waals surface area (Å²) in [7, 11) is 1.77. The van der Waals surface area contributed by atoms with Gasteiger partial charge in [-0.1, -0.05) is 0 Å². The van der Waals surface area contributed by atoms with Crippen molar-refractivity contribution in [2.75, 3.05) is 0 Å². The van der Waals surface area contributed by atoms with Crippen LogP contribution < -0.4 is 5.32 Å². The van der Waals surface area contributed by atoms with Crippen molar-refractivity contribution in [1.29, 1.82) is 0 Å². The number of nitrogens with one attached hydrogen (secondary N) is 1. The van der Waals surface area contributed by atoms with Crippen LogP contribution in [0.2, 0.25) is 0 Å². The Hall–Kier alpha value is -1.82. The van der Waals surface area contributed by atoms with Crippen LogP contribution in [0.5, 0.6) is 0 Å². The molecule has 0 saturated carbocycles. The van der Waals surface area contributed by atoms with E-state index in [9.17, 15) is 8.78 Å². The quantitative estimate of drug-likeness (QED) is 0.875. The summed E-state index contributed by atoms with van der Waals surface area (Å²) in [5.41, 5.74) is 0.298. The topological polar surface area (TPSA) is 42.7 Å². The second kappa shape index (κ2) is 5.01. The minimum absolute atomic E-state index is 0.246. The molecule has 0 aliphatic rings. The van der Waals surface area contributed by atoms with Gasteiger partial charge in [-0.15, -0.1) is 0 Å². The molecule has 0 amide bonds. The van der Waals surface area contributed by atoms with Crippen molar-refractivity contribution in [3.63, 3.8) is 0 Å². The first-order valence-electron chi connectivity index (χ1n) is 5.14. The SMILES string of the molecule is Cn1ncnc1CNCc1cc(F)ccc1F. The Kier molecular flexibility index (Phi) is 3.43. The third kappa shape index (κ3) is 2.85. The Morgan fingerprint density at radius 2 is 2.12 bits per heavy atom. The zero-order chi connectivity index (χ0) is 12.3. The molecule has 0 bridgehead atoms. The van der Waals surface area contributed by atoms with E-state index < -0.39 is 11.6 Å². The van der Waals surface area contributed by atoms with E-state index in [1.165, 1.54) is 12.4 Å². The third-order valence-electron chi connectivity index (χ3n) is 2.41. The van der Waals surface area contributed by atoms with Gasteiger partial charge < -0.3 is 5.32 Å². The molecule has 0 aliphatic heterocycles. The standard InChI is InChI=1S/C11H12F2N4/c1-17-11(15-7-16-17)6-14-5-8-4-9(12)2-3-10(8)13/h2-4,7,14H,5-6H2,1H3. The highest BCUT2D eigenvalue weighted by Gasteiger charge is 2.04. The molecule has 0 unspecified atom stereocenters. The molecule has 6 heteroatoms. The highest BCUT2D eigenvalue weighted by molar-refractivity contribution is 5.18. The maximum absolute atomic E-state index is 13.3. The summed E-state index contributed by atoms with van der Waals surface area (Å²) in [5, 5.41) is 6.89. The summed E-state index contributed by atoms with van der Waals surface area (Å²) in [6, 6.07) is 3.40. The number of aromatic nitrogens is 3. The number of benzene rings is 1. The van der Waals surface area contributed by atoms with Crippen molar-refractivity contribution in [3.05, 3.63) is 47.5 Å². The van der Waals surface area contributed by atoms with E-state index >= 15 is 0 Å². The lowest BCUT2D eigenvalue weighted by atomic mass is 10.2. The Balaban J connectivity index is 1.94. The summed E-state index contributed by atoms with van der Waals surface area (Å²) in [6.45, 7) is 0.697. The van der Waals surface area contributed by atoms with Gasteiger partial charge in [-0.25, -0.2) is 13.8 Å². The summed E-state index contributed by atoms with van der Waals surface area (Å²) in [6.07, 6.45) is 1.44. The maximum Gasteiger partial charge on any atom is 0.140 e. The number of hydrogen-bond acceptors (Lipinski definition) is 3. The van der Waals surface area contributed by atoms with E-state index in [0.717, 1.165) is 18.0 Å². The Morgan fingerprint density at radius 1 is 1.29 bits per heavy atom. The van der Waals surface area contributed by atoms with Gasteiger partial charge in [0.15, 0.2) is 0 Å². The van der Waals surface area contributed by atoms with Crippen LogP contribution in [0.1, 0.15) is 11.4 Å². The van der Waals surface area contributed by atoms with Gasteiger partial charge >= 0.3 is 0 Å². The first kappa shape index (κ1) is 11.7. The number of halogens is 2. The van der Waals surface area contributed by atoms with Gasteiger partial charge in [0.05, 0.1) is 6.54 Å². The minimum atomic E-state index is -0.443. The smallest absolute Gasteiger partial charge is 0.140 e. The van der Waals surface area contributed by atoms with E-state index in [4.69, 9.17) is 0 Å². The van der Waals surface area contributed by atoms with Gasteiger partial charge in [0.1, 0.15) is 23.8 Å². The Morgan fingerprint density at radius 3 is 2.82 bits per heavy atom.